The lowest BCUT2D eigenvalue weighted by molar-refractivity contribution is -0.122. The lowest BCUT2D eigenvalue weighted by atomic mass is 9.80. The monoisotopic (exact) mass is 199 g/mol. The fourth-order valence-electron chi connectivity index (χ4n) is 1.97. The number of hydrogen-bond donors (Lipinski definition) is 1. The molecule has 1 unspecified atom stereocenters. The Morgan fingerprint density at radius 1 is 1.57 bits per heavy atom. The summed E-state index contributed by atoms with van der Waals surface area (Å²) in [6, 6.07) is 0. The van der Waals surface area contributed by atoms with E-state index in [-0.39, 0.29) is 5.41 Å². The van der Waals surface area contributed by atoms with Crippen LogP contribution in [0.25, 0.3) is 0 Å². The summed E-state index contributed by atoms with van der Waals surface area (Å²) in [5.74, 6) is 0.312. The molecule has 0 saturated carbocycles. The molecule has 1 heterocycles. The minimum Gasteiger partial charge on any atom is -0.381 e. The maximum Gasteiger partial charge on any atom is 0.147 e. The lowest BCUT2D eigenvalue weighted by Gasteiger charge is -2.30. The van der Waals surface area contributed by atoms with Crippen LogP contribution in [0.2, 0.25) is 0 Å². The number of carbonyl (C=O) groups excluding carboxylic acids is 1. The summed E-state index contributed by atoms with van der Waals surface area (Å²) in [4.78, 5) is 11.5. The van der Waals surface area contributed by atoms with Gasteiger partial charge in [-0.1, -0.05) is 6.92 Å². The van der Waals surface area contributed by atoms with Crippen molar-refractivity contribution in [2.75, 3.05) is 26.3 Å². The molecule has 0 spiro atoms. The molecule has 1 aliphatic heterocycles. The molecular weight excluding hydrogens is 178 g/mol. The van der Waals surface area contributed by atoms with Crippen LogP contribution in [0, 0.1) is 5.41 Å². The molecule has 0 bridgehead atoms. The van der Waals surface area contributed by atoms with Crippen LogP contribution >= 0.6 is 0 Å². The molecule has 1 fully saturated rings. The number of rotatable bonds is 3. The van der Waals surface area contributed by atoms with Crippen molar-refractivity contribution in [3.8, 4) is 0 Å². The summed E-state index contributed by atoms with van der Waals surface area (Å²) in [6.07, 6.45) is 2.86. The van der Waals surface area contributed by atoms with E-state index in [1.807, 2.05) is 6.92 Å². The molecule has 0 amide bonds. The largest absolute Gasteiger partial charge is 0.381 e. The van der Waals surface area contributed by atoms with E-state index in [1.54, 1.807) is 0 Å². The van der Waals surface area contributed by atoms with Crippen LogP contribution < -0.4 is 5.32 Å². The quantitative estimate of drug-likeness (QED) is 0.746. The van der Waals surface area contributed by atoms with E-state index in [1.165, 1.54) is 0 Å². The van der Waals surface area contributed by atoms with Crippen molar-refractivity contribution in [3.63, 3.8) is 0 Å². The number of Topliss-reactive ketones (excluding diaryl/α,β-unsaturated/α-hetero) is 1. The van der Waals surface area contributed by atoms with Gasteiger partial charge in [0, 0.05) is 13.0 Å². The SMILES string of the molecule is CCOCC1(C)CCCNCC(=O)C1. The molecule has 0 aliphatic carbocycles. The van der Waals surface area contributed by atoms with E-state index >= 15 is 0 Å². The fraction of sp³-hybridized carbons (Fsp3) is 0.909. The molecule has 1 N–H and O–H groups in total. The fourth-order valence-corrected chi connectivity index (χ4v) is 1.97. The van der Waals surface area contributed by atoms with Crippen LogP contribution in [-0.4, -0.2) is 32.1 Å². The van der Waals surface area contributed by atoms with E-state index in [9.17, 15) is 4.79 Å². The van der Waals surface area contributed by atoms with Gasteiger partial charge in [-0.25, -0.2) is 0 Å². The first-order valence-corrected chi connectivity index (χ1v) is 5.46. The summed E-state index contributed by atoms with van der Waals surface area (Å²) in [5, 5.41) is 3.14. The highest BCUT2D eigenvalue weighted by atomic mass is 16.5. The van der Waals surface area contributed by atoms with Crippen molar-refractivity contribution in [1.29, 1.82) is 0 Å². The van der Waals surface area contributed by atoms with Gasteiger partial charge in [-0.05, 0) is 31.7 Å². The second kappa shape index (κ2) is 5.47. The van der Waals surface area contributed by atoms with Gasteiger partial charge in [-0.15, -0.1) is 0 Å². The Balaban J connectivity index is 2.48. The molecule has 3 heteroatoms. The molecule has 1 saturated heterocycles. The maximum atomic E-state index is 11.5. The molecule has 0 aromatic rings. The molecule has 0 radical (unpaired) electrons. The second-order valence-corrected chi connectivity index (χ2v) is 4.44. The van der Waals surface area contributed by atoms with Crippen molar-refractivity contribution >= 4 is 5.78 Å². The highest BCUT2D eigenvalue weighted by molar-refractivity contribution is 5.81. The molecule has 14 heavy (non-hydrogen) atoms. The first-order chi connectivity index (χ1) is 6.66. The molecule has 1 atom stereocenters. The normalized spacial score (nSPS) is 29.7. The van der Waals surface area contributed by atoms with Gasteiger partial charge in [-0.3, -0.25) is 4.79 Å². The highest BCUT2D eigenvalue weighted by Gasteiger charge is 2.28. The van der Waals surface area contributed by atoms with E-state index in [0.717, 1.165) is 32.6 Å². The van der Waals surface area contributed by atoms with Crippen molar-refractivity contribution in [2.45, 2.75) is 33.1 Å². The van der Waals surface area contributed by atoms with Crippen molar-refractivity contribution in [1.82, 2.24) is 5.32 Å². The molecule has 3 nitrogen and oxygen atoms in total. The van der Waals surface area contributed by atoms with Crippen molar-refractivity contribution in [3.05, 3.63) is 0 Å². The summed E-state index contributed by atoms with van der Waals surface area (Å²) < 4.78 is 5.45. The number of carbonyl (C=O) groups is 1. The Bertz CT molecular complexity index is 190. The average molecular weight is 199 g/mol. The van der Waals surface area contributed by atoms with Crippen molar-refractivity contribution < 1.29 is 9.53 Å². The Hall–Kier alpha value is -0.410. The van der Waals surface area contributed by atoms with Gasteiger partial charge >= 0.3 is 0 Å². The topological polar surface area (TPSA) is 38.3 Å². The van der Waals surface area contributed by atoms with Gasteiger partial charge in [0.25, 0.3) is 0 Å². The van der Waals surface area contributed by atoms with Crippen LogP contribution in [0.5, 0.6) is 0 Å². The van der Waals surface area contributed by atoms with Gasteiger partial charge in [0.05, 0.1) is 13.2 Å². The van der Waals surface area contributed by atoms with E-state index in [4.69, 9.17) is 4.74 Å². The second-order valence-electron chi connectivity index (χ2n) is 4.44. The molecular formula is C11H21NO2. The van der Waals surface area contributed by atoms with Crippen LogP contribution in [0.3, 0.4) is 0 Å². The number of ketones is 1. The number of ether oxygens (including phenoxy) is 1. The summed E-state index contributed by atoms with van der Waals surface area (Å²) in [7, 11) is 0. The Kier molecular flexibility index (Phi) is 4.55. The third-order valence-corrected chi connectivity index (χ3v) is 2.73. The molecule has 1 rings (SSSR count). The van der Waals surface area contributed by atoms with Crippen LogP contribution in [-0.2, 0) is 9.53 Å². The molecule has 0 aromatic heterocycles. The third kappa shape index (κ3) is 3.76. The molecule has 1 aliphatic rings. The lowest BCUT2D eigenvalue weighted by Crippen LogP contribution is -2.35. The zero-order valence-electron chi connectivity index (χ0n) is 9.27. The molecule has 82 valence electrons. The van der Waals surface area contributed by atoms with Crippen molar-refractivity contribution in [2.24, 2.45) is 5.41 Å². The van der Waals surface area contributed by atoms with Gasteiger partial charge < -0.3 is 10.1 Å². The number of nitrogens with one attached hydrogen (secondary N) is 1. The van der Waals surface area contributed by atoms with E-state index in [0.29, 0.717) is 18.7 Å². The van der Waals surface area contributed by atoms with Gasteiger partial charge in [0.1, 0.15) is 5.78 Å². The summed E-state index contributed by atoms with van der Waals surface area (Å²) in [5.41, 5.74) is 0.0647. The van der Waals surface area contributed by atoms with Crippen LogP contribution in [0.1, 0.15) is 33.1 Å². The predicted molar refractivity (Wildman–Crippen MR) is 56.3 cm³/mol. The first kappa shape index (κ1) is 11.7. The van der Waals surface area contributed by atoms with E-state index < -0.39 is 0 Å². The summed E-state index contributed by atoms with van der Waals surface area (Å²) in [6.45, 7) is 7.09. The highest BCUT2D eigenvalue weighted by Crippen LogP contribution is 2.29. The first-order valence-electron chi connectivity index (χ1n) is 5.46. The Morgan fingerprint density at radius 3 is 3.07 bits per heavy atom. The standard InChI is InChI=1S/C11H21NO2/c1-3-14-9-11(2)5-4-6-12-8-10(13)7-11/h12H,3-9H2,1-2H3. The van der Waals surface area contributed by atoms with Crippen LogP contribution in [0.15, 0.2) is 0 Å². The Morgan fingerprint density at radius 2 is 2.36 bits per heavy atom. The third-order valence-electron chi connectivity index (χ3n) is 2.73. The smallest absolute Gasteiger partial charge is 0.147 e. The minimum absolute atomic E-state index is 0.0647. The van der Waals surface area contributed by atoms with Crippen LogP contribution in [0.4, 0.5) is 0 Å². The van der Waals surface area contributed by atoms with Gasteiger partial charge in [0.2, 0.25) is 0 Å². The number of hydrogen-bond acceptors (Lipinski definition) is 3. The minimum atomic E-state index is 0.0647. The van der Waals surface area contributed by atoms with E-state index in [2.05, 4.69) is 12.2 Å². The zero-order chi connectivity index (χ0) is 10.4. The van der Waals surface area contributed by atoms with Gasteiger partial charge in [0.15, 0.2) is 0 Å². The molecule has 0 aromatic carbocycles. The zero-order valence-corrected chi connectivity index (χ0v) is 9.27. The summed E-state index contributed by atoms with van der Waals surface area (Å²) >= 11 is 0. The van der Waals surface area contributed by atoms with Gasteiger partial charge in [-0.2, -0.15) is 0 Å². The predicted octanol–water partition coefficient (Wildman–Crippen LogP) is 1.37. The Labute approximate surface area is 86.2 Å². The maximum absolute atomic E-state index is 11.5. The average Bonchev–Trinajstić information content (AvgIpc) is 2.11.